The zero-order chi connectivity index (χ0) is 13.1. The number of halogens is 2. The van der Waals surface area contributed by atoms with E-state index in [1.165, 1.54) is 4.68 Å². The zero-order valence-electron chi connectivity index (χ0n) is 9.73. The molecule has 1 aromatic heterocycles. The summed E-state index contributed by atoms with van der Waals surface area (Å²) in [5, 5.41) is 7.43. The third-order valence-electron chi connectivity index (χ3n) is 2.31. The second kappa shape index (κ2) is 5.09. The summed E-state index contributed by atoms with van der Waals surface area (Å²) in [5.41, 5.74) is 6.17. The first-order valence-electron chi connectivity index (χ1n) is 5.26. The highest BCUT2D eigenvalue weighted by Crippen LogP contribution is 2.23. The molecule has 0 bridgehead atoms. The number of aromatic nitrogens is 3. The van der Waals surface area contributed by atoms with Gasteiger partial charge in [0.05, 0.1) is 6.20 Å². The summed E-state index contributed by atoms with van der Waals surface area (Å²) in [6, 6.07) is 2.30. The Labute approximate surface area is 102 Å². The second-order valence-electron chi connectivity index (χ2n) is 3.76. The Morgan fingerprint density at radius 2 is 2.00 bits per heavy atom. The number of hydrogen-bond donors (Lipinski definition) is 1. The molecule has 5 nitrogen and oxygen atoms in total. The van der Waals surface area contributed by atoms with E-state index in [4.69, 9.17) is 10.5 Å². The first-order chi connectivity index (χ1) is 8.60. The summed E-state index contributed by atoms with van der Waals surface area (Å²) in [6.45, 7) is 0.0158. The van der Waals surface area contributed by atoms with Crippen LogP contribution in [-0.4, -0.2) is 15.0 Å². The smallest absolute Gasteiger partial charge is 0.191 e. The second-order valence-corrected chi connectivity index (χ2v) is 3.76. The molecule has 0 unspecified atom stereocenters. The van der Waals surface area contributed by atoms with Gasteiger partial charge in [0.1, 0.15) is 12.3 Å². The summed E-state index contributed by atoms with van der Waals surface area (Å²) < 4.78 is 33.6. The van der Waals surface area contributed by atoms with E-state index in [9.17, 15) is 8.78 Å². The van der Waals surface area contributed by atoms with E-state index in [-0.39, 0.29) is 13.2 Å². The Morgan fingerprint density at radius 3 is 2.50 bits per heavy atom. The van der Waals surface area contributed by atoms with Gasteiger partial charge in [0.15, 0.2) is 17.4 Å². The van der Waals surface area contributed by atoms with E-state index in [2.05, 4.69) is 10.3 Å². The van der Waals surface area contributed by atoms with Crippen LogP contribution < -0.4 is 10.5 Å². The fourth-order valence-corrected chi connectivity index (χ4v) is 1.48. The Hall–Kier alpha value is -2.02. The standard InChI is InChI=1S/C11H12F2N4O/c1-17-5-8(15-16-17)6-18-11-9(12)2-7(4-14)3-10(11)13/h2-3,5H,4,6,14H2,1H3. The lowest BCUT2D eigenvalue weighted by Gasteiger charge is -2.08. The average molecular weight is 254 g/mol. The Morgan fingerprint density at radius 1 is 1.33 bits per heavy atom. The van der Waals surface area contributed by atoms with Crippen LogP contribution >= 0.6 is 0 Å². The molecule has 96 valence electrons. The highest BCUT2D eigenvalue weighted by atomic mass is 19.1. The maximum Gasteiger partial charge on any atom is 0.191 e. The number of nitrogens with zero attached hydrogens (tertiary/aromatic N) is 3. The minimum atomic E-state index is -0.778. The number of nitrogens with two attached hydrogens (primary N) is 1. The van der Waals surface area contributed by atoms with Crippen molar-refractivity contribution in [2.45, 2.75) is 13.2 Å². The van der Waals surface area contributed by atoms with Crippen LogP contribution in [0.15, 0.2) is 18.3 Å². The number of rotatable bonds is 4. The molecule has 0 radical (unpaired) electrons. The van der Waals surface area contributed by atoms with Gasteiger partial charge in [0.25, 0.3) is 0 Å². The fraction of sp³-hybridized carbons (Fsp3) is 0.273. The van der Waals surface area contributed by atoms with Gasteiger partial charge in [0.2, 0.25) is 0 Å². The average Bonchev–Trinajstić information content (AvgIpc) is 2.73. The molecular weight excluding hydrogens is 242 g/mol. The van der Waals surface area contributed by atoms with Crippen molar-refractivity contribution in [3.05, 3.63) is 41.2 Å². The van der Waals surface area contributed by atoms with Gasteiger partial charge in [-0.2, -0.15) is 0 Å². The molecule has 2 aromatic rings. The van der Waals surface area contributed by atoms with Gasteiger partial charge in [0, 0.05) is 13.6 Å². The summed E-state index contributed by atoms with van der Waals surface area (Å²) >= 11 is 0. The molecule has 0 spiro atoms. The number of benzene rings is 1. The minimum Gasteiger partial charge on any atom is -0.481 e. The molecule has 0 aliphatic rings. The zero-order valence-corrected chi connectivity index (χ0v) is 9.73. The molecule has 18 heavy (non-hydrogen) atoms. The Balaban J connectivity index is 2.14. The lowest BCUT2D eigenvalue weighted by atomic mass is 10.2. The van der Waals surface area contributed by atoms with Crippen molar-refractivity contribution >= 4 is 0 Å². The molecule has 0 fully saturated rings. The summed E-state index contributed by atoms with van der Waals surface area (Å²) in [6.07, 6.45) is 1.60. The van der Waals surface area contributed by atoms with Crippen molar-refractivity contribution in [2.24, 2.45) is 12.8 Å². The van der Waals surface area contributed by atoms with E-state index in [0.717, 1.165) is 12.1 Å². The molecule has 0 amide bonds. The third-order valence-corrected chi connectivity index (χ3v) is 2.31. The topological polar surface area (TPSA) is 66.0 Å². The maximum absolute atomic E-state index is 13.5. The molecule has 0 atom stereocenters. The van der Waals surface area contributed by atoms with E-state index >= 15 is 0 Å². The van der Waals surface area contributed by atoms with Crippen LogP contribution in [0.4, 0.5) is 8.78 Å². The monoisotopic (exact) mass is 254 g/mol. The van der Waals surface area contributed by atoms with Crippen LogP contribution in [0.5, 0.6) is 5.75 Å². The van der Waals surface area contributed by atoms with Crippen LogP contribution in [-0.2, 0) is 20.2 Å². The maximum atomic E-state index is 13.5. The van der Waals surface area contributed by atoms with Crippen molar-refractivity contribution in [3.8, 4) is 5.75 Å². The van der Waals surface area contributed by atoms with Crippen LogP contribution in [0.2, 0.25) is 0 Å². The van der Waals surface area contributed by atoms with Crippen LogP contribution in [0, 0.1) is 11.6 Å². The molecular formula is C11H12F2N4O. The molecule has 0 saturated heterocycles. The Bertz CT molecular complexity index is 533. The Kier molecular flexibility index (Phi) is 3.52. The lowest BCUT2D eigenvalue weighted by Crippen LogP contribution is -2.03. The molecule has 1 aromatic carbocycles. The van der Waals surface area contributed by atoms with Gasteiger partial charge in [-0.3, -0.25) is 4.68 Å². The summed E-state index contributed by atoms with van der Waals surface area (Å²) in [5.74, 6) is -1.99. The quantitative estimate of drug-likeness (QED) is 0.888. The van der Waals surface area contributed by atoms with Crippen LogP contribution in [0.3, 0.4) is 0 Å². The van der Waals surface area contributed by atoms with Crippen LogP contribution in [0.25, 0.3) is 0 Å². The molecule has 1 heterocycles. The van der Waals surface area contributed by atoms with Gasteiger partial charge < -0.3 is 10.5 Å². The van der Waals surface area contributed by atoms with E-state index in [0.29, 0.717) is 11.3 Å². The van der Waals surface area contributed by atoms with Gasteiger partial charge in [-0.1, -0.05) is 5.21 Å². The number of ether oxygens (including phenoxy) is 1. The van der Waals surface area contributed by atoms with Gasteiger partial charge in [-0.05, 0) is 17.7 Å². The van der Waals surface area contributed by atoms with Gasteiger partial charge >= 0.3 is 0 Å². The van der Waals surface area contributed by atoms with Crippen molar-refractivity contribution < 1.29 is 13.5 Å². The van der Waals surface area contributed by atoms with Crippen molar-refractivity contribution in [1.29, 1.82) is 0 Å². The molecule has 7 heteroatoms. The number of hydrogen-bond acceptors (Lipinski definition) is 4. The predicted octanol–water partition coefficient (Wildman–Crippen LogP) is 1.13. The summed E-state index contributed by atoms with van der Waals surface area (Å²) in [4.78, 5) is 0. The largest absolute Gasteiger partial charge is 0.481 e. The number of aryl methyl sites for hydroxylation is 1. The van der Waals surface area contributed by atoms with Gasteiger partial charge in [-0.15, -0.1) is 5.10 Å². The van der Waals surface area contributed by atoms with Crippen molar-refractivity contribution in [1.82, 2.24) is 15.0 Å². The van der Waals surface area contributed by atoms with E-state index in [1.54, 1.807) is 13.2 Å². The molecule has 0 saturated carbocycles. The summed E-state index contributed by atoms with van der Waals surface area (Å²) in [7, 11) is 1.69. The highest BCUT2D eigenvalue weighted by molar-refractivity contribution is 5.31. The fourth-order valence-electron chi connectivity index (χ4n) is 1.48. The third kappa shape index (κ3) is 2.62. The molecule has 2 rings (SSSR count). The van der Waals surface area contributed by atoms with Crippen molar-refractivity contribution in [2.75, 3.05) is 0 Å². The predicted molar refractivity (Wildman–Crippen MR) is 59.6 cm³/mol. The molecule has 0 aliphatic carbocycles. The van der Waals surface area contributed by atoms with Crippen molar-refractivity contribution in [3.63, 3.8) is 0 Å². The lowest BCUT2D eigenvalue weighted by molar-refractivity contribution is 0.270. The molecule has 0 aliphatic heterocycles. The minimum absolute atomic E-state index is 0.0519. The first-order valence-corrected chi connectivity index (χ1v) is 5.26. The van der Waals surface area contributed by atoms with Gasteiger partial charge in [-0.25, -0.2) is 8.78 Å². The molecule has 2 N–H and O–H groups in total. The van der Waals surface area contributed by atoms with E-state index in [1.807, 2.05) is 0 Å². The SMILES string of the molecule is Cn1cc(COc2c(F)cc(CN)cc2F)nn1. The normalized spacial score (nSPS) is 10.7. The highest BCUT2D eigenvalue weighted by Gasteiger charge is 2.13. The van der Waals surface area contributed by atoms with Crippen LogP contribution in [0.1, 0.15) is 11.3 Å². The van der Waals surface area contributed by atoms with E-state index < -0.39 is 17.4 Å². The first kappa shape index (κ1) is 12.4.